The normalized spacial score (nSPS) is 10.5. The van der Waals surface area contributed by atoms with E-state index in [1.54, 1.807) is 19.9 Å². The zero-order valence-corrected chi connectivity index (χ0v) is 9.36. The number of rotatable bonds is 4. The summed E-state index contributed by atoms with van der Waals surface area (Å²) in [5.74, 6) is -1.60. The Morgan fingerprint density at radius 3 is 2.40 bits per heavy atom. The molecule has 0 spiro atoms. The van der Waals surface area contributed by atoms with Crippen LogP contribution in [0.4, 0.5) is 8.78 Å². The molecule has 0 N–H and O–H groups in total. The summed E-state index contributed by atoms with van der Waals surface area (Å²) < 4.78 is 32.0. The first-order chi connectivity index (χ1) is 7.11. The molecule has 0 aliphatic rings. The van der Waals surface area contributed by atoms with Gasteiger partial charge in [0.05, 0.1) is 6.61 Å². The maximum absolute atomic E-state index is 13.5. The van der Waals surface area contributed by atoms with Gasteiger partial charge in [-0.25, -0.2) is 4.39 Å². The van der Waals surface area contributed by atoms with Crippen LogP contribution in [0.15, 0.2) is 6.07 Å². The van der Waals surface area contributed by atoms with Crippen LogP contribution in [0.25, 0.3) is 0 Å². The Bertz CT molecular complexity index is 348. The molecular formula is C12H16F2O. The average molecular weight is 214 g/mol. The number of benzene rings is 1. The number of ether oxygens (including phenoxy) is 1. The van der Waals surface area contributed by atoms with Gasteiger partial charge in [0.2, 0.25) is 5.82 Å². The molecule has 0 heterocycles. The Hall–Kier alpha value is -1.12. The van der Waals surface area contributed by atoms with E-state index in [9.17, 15) is 8.78 Å². The topological polar surface area (TPSA) is 9.23 Å². The first kappa shape index (κ1) is 12.0. The molecule has 1 aromatic carbocycles. The van der Waals surface area contributed by atoms with Crippen molar-refractivity contribution in [3.63, 3.8) is 0 Å². The van der Waals surface area contributed by atoms with Gasteiger partial charge in [0.1, 0.15) is 0 Å². The van der Waals surface area contributed by atoms with Gasteiger partial charge in [-0.15, -0.1) is 0 Å². The zero-order chi connectivity index (χ0) is 11.4. The number of hydrogen-bond donors (Lipinski definition) is 0. The molecule has 1 aromatic rings. The van der Waals surface area contributed by atoms with Gasteiger partial charge in [-0.05, 0) is 37.5 Å². The van der Waals surface area contributed by atoms with Gasteiger partial charge in [0, 0.05) is 0 Å². The molecule has 0 saturated heterocycles. The van der Waals surface area contributed by atoms with Crippen molar-refractivity contribution in [1.29, 1.82) is 0 Å². The van der Waals surface area contributed by atoms with Crippen molar-refractivity contribution in [3.05, 3.63) is 28.8 Å². The van der Waals surface area contributed by atoms with Crippen molar-refractivity contribution < 1.29 is 13.5 Å². The van der Waals surface area contributed by atoms with Crippen molar-refractivity contribution >= 4 is 0 Å². The largest absolute Gasteiger partial charge is 0.490 e. The Morgan fingerprint density at radius 2 is 1.87 bits per heavy atom. The SMILES string of the molecule is CCCc1cc(C)c(F)c(F)c1OCC. The molecule has 0 bridgehead atoms. The lowest BCUT2D eigenvalue weighted by Crippen LogP contribution is -2.03. The molecule has 0 aliphatic carbocycles. The van der Waals surface area contributed by atoms with Gasteiger partial charge in [-0.2, -0.15) is 4.39 Å². The zero-order valence-electron chi connectivity index (χ0n) is 9.36. The number of halogens is 2. The van der Waals surface area contributed by atoms with Gasteiger partial charge in [-0.3, -0.25) is 0 Å². The van der Waals surface area contributed by atoms with Crippen LogP contribution in [0, 0.1) is 18.6 Å². The monoisotopic (exact) mass is 214 g/mol. The van der Waals surface area contributed by atoms with Crippen LogP contribution in [0.5, 0.6) is 5.75 Å². The third-order valence-corrected chi connectivity index (χ3v) is 2.23. The maximum atomic E-state index is 13.5. The highest BCUT2D eigenvalue weighted by atomic mass is 19.2. The van der Waals surface area contributed by atoms with Crippen molar-refractivity contribution in [1.82, 2.24) is 0 Å². The van der Waals surface area contributed by atoms with E-state index in [0.717, 1.165) is 12.0 Å². The van der Waals surface area contributed by atoms with E-state index in [-0.39, 0.29) is 5.75 Å². The molecule has 0 aromatic heterocycles. The van der Waals surface area contributed by atoms with E-state index in [4.69, 9.17) is 4.74 Å². The van der Waals surface area contributed by atoms with Crippen LogP contribution in [0.3, 0.4) is 0 Å². The summed E-state index contributed by atoms with van der Waals surface area (Å²) in [6.45, 7) is 5.66. The fourth-order valence-corrected chi connectivity index (χ4v) is 1.56. The summed E-state index contributed by atoms with van der Waals surface area (Å²) >= 11 is 0. The predicted molar refractivity (Wildman–Crippen MR) is 56.3 cm³/mol. The number of hydrogen-bond acceptors (Lipinski definition) is 1. The molecule has 0 amide bonds. The predicted octanol–water partition coefficient (Wildman–Crippen LogP) is 3.62. The standard InChI is InChI=1S/C12H16F2O/c1-4-6-9-7-8(3)10(13)11(14)12(9)15-5-2/h7H,4-6H2,1-3H3. The average Bonchev–Trinajstić information content (AvgIpc) is 2.21. The fourth-order valence-electron chi connectivity index (χ4n) is 1.56. The van der Waals surface area contributed by atoms with Crippen LogP contribution in [-0.2, 0) is 6.42 Å². The highest BCUT2D eigenvalue weighted by Gasteiger charge is 2.16. The van der Waals surface area contributed by atoms with E-state index in [2.05, 4.69) is 0 Å². The summed E-state index contributed by atoms with van der Waals surface area (Å²) in [5.41, 5.74) is 1.08. The van der Waals surface area contributed by atoms with E-state index in [1.807, 2.05) is 6.92 Å². The lowest BCUT2D eigenvalue weighted by molar-refractivity contribution is 0.309. The van der Waals surface area contributed by atoms with Crippen LogP contribution >= 0.6 is 0 Å². The molecule has 1 nitrogen and oxygen atoms in total. The Labute approximate surface area is 89.1 Å². The first-order valence-corrected chi connectivity index (χ1v) is 5.22. The summed E-state index contributed by atoms with van der Waals surface area (Å²) in [6, 6.07) is 1.66. The second kappa shape index (κ2) is 5.10. The summed E-state index contributed by atoms with van der Waals surface area (Å²) in [7, 11) is 0. The van der Waals surface area contributed by atoms with Crippen molar-refractivity contribution in [2.24, 2.45) is 0 Å². The lowest BCUT2D eigenvalue weighted by atomic mass is 10.0. The third kappa shape index (κ3) is 2.46. The van der Waals surface area contributed by atoms with Gasteiger partial charge in [-0.1, -0.05) is 13.3 Å². The Morgan fingerprint density at radius 1 is 1.20 bits per heavy atom. The quantitative estimate of drug-likeness (QED) is 0.743. The third-order valence-electron chi connectivity index (χ3n) is 2.23. The number of aryl methyl sites for hydroxylation is 2. The Balaban J connectivity index is 3.23. The van der Waals surface area contributed by atoms with Gasteiger partial charge < -0.3 is 4.74 Å². The van der Waals surface area contributed by atoms with Crippen LogP contribution in [0.1, 0.15) is 31.4 Å². The summed E-state index contributed by atoms with van der Waals surface area (Å²) in [5, 5.41) is 0. The molecule has 84 valence electrons. The minimum atomic E-state index is -0.861. The van der Waals surface area contributed by atoms with E-state index in [1.165, 1.54) is 0 Å². The van der Waals surface area contributed by atoms with Crippen molar-refractivity contribution in [3.8, 4) is 5.75 Å². The molecule has 0 atom stereocenters. The molecule has 0 unspecified atom stereocenters. The van der Waals surface area contributed by atoms with Crippen molar-refractivity contribution in [2.75, 3.05) is 6.61 Å². The van der Waals surface area contributed by atoms with E-state index >= 15 is 0 Å². The van der Waals surface area contributed by atoms with Gasteiger partial charge in [0.15, 0.2) is 11.6 Å². The second-order valence-electron chi connectivity index (χ2n) is 3.49. The minimum absolute atomic E-state index is 0.0717. The highest BCUT2D eigenvalue weighted by molar-refractivity contribution is 5.39. The fraction of sp³-hybridized carbons (Fsp3) is 0.500. The van der Waals surface area contributed by atoms with Crippen LogP contribution in [0.2, 0.25) is 0 Å². The van der Waals surface area contributed by atoms with Crippen LogP contribution in [-0.4, -0.2) is 6.61 Å². The van der Waals surface area contributed by atoms with E-state index < -0.39 is 11.6 Å². The molecule has 3 heteroatoms. The first-order valence-electron chi connectivity index (χ1n) is 5.22. The Kier molecular flexibility index (Phi) is 4.06. The summed E-state index contributed by atoms with van der Waals surface area (Å²) in [6.07, 6.45) is 1.58. The maximum Gasteiger partial charge on any atom is 0.201 e. The van der Waals surface area contributed by atoms with Crippen molar-refractivity contribution in [2.45, 2.75) is 33.6 Å². The smallest absolute Gasteiger partial charge is 0.201 e. The highest BCUT2D eigenvalue weighted by Crippen LogP contribution is 2.28. The molecular weight excluding hydrogens is 198 g/mol. The second-order valence-corrected chi connectivity index (χ2v) is 3.49. The molecule has 1 rings (SSSR count). The minimum Gasteiger partial charge on any atom is -0.490 e. The van der Waals surface area contributed by atoms with Gasteiger partial charge in [0.25, 0.3) is 0 Å². The summed E-state index contributed by atoms with van der Waals surface area (Å²) in [4.78, 5) is 0. The molecule has 0 saturated carbocycles. The van der Waals surface area contributed by atoms with Crippen LogP contribution < -0.4 is 4.74 Å². The molecule has 0 radical (unpaired) electrons. The van der Waals surface area contributed by atoms with E-state index in [0.29, 0.717) is 18.6 Å². The lowest BCUT2D eigenvalue weighted by Gasteiger charge is -2.12. The molecule has 15 heavy (non-hydrogen) atoms. The molecule has 0 fully saturated rings. The molecule has 0 aliphatic heterocycles. The van der Waals surface area contributed by atoms with Gasteiger partial charge >= 0.3 is 0 Å².